The fourth-order valence-corrected chi connectivity index (χ4v) is 2.85. The monoisotopic (exact) mass is 378 g/mol. The molecule has 0 spiro atoms. The van der Waals surface area contributed by atoms with Crippen LogP contribution in [0.1, 0.15) is 26.3 Å². The number of rotatable bonds is 4. The molecule has 0 saturated heterocycles. The molecule has 0 atom stereocenters. The smallest absolute Gasteiger partial charge is 0.262 e. The number of hydrogen-bond acceptors (Lipinski definition) is 4. The number of hydrogen-bond donors (Lipinski definition) is 2. The number of carbonyl (C=O) groups is 3. The van der Waals surface area contributed by atoms with Crippen molar-refractivity contribution in [1.82, 2.24) is 4.90 Å². The third-order valence-electron chi connectivity index (χ3n) is 3.71. The van der Waals surface area contributed by atoms with Gasteiger partial charge in [-0.2, -0.15) is 0 Å². The van der Waals surface area contributed by atoms with E-state index in [1.807, 2.05) is 0 Å². The Kier molecular flexibility index (Phi) is 4.76. The van der Waals surface area contributed by atoms with Crippen molar-refractivity contribution >= 4 is 46.6 Å². The minimum atomic E-state index is -0.599. The summed E-state index contributed by atoms with van der Waals surface area (Å²) in [5.41, 5.74) is 1.33. The van der Waals surface area contributed by atoms with E-state index in [1.54, 1.807) is 24.3 Å². The maximum Gasteiger partial charge on any atom is 0.262 e. The van der Waals surface area contributed by atoms with E-state index in [0.29, 0.717) is 11.3 Å². The van der Waals surface area contributed by atoms with Gasteiger partial charge in [0.25, 0.3) is 11.8 Å². The molecule has 0 unspecified atom stereocenters. The van der Waals surface area contributed by atoms with Crippen LogP contribution in [0.2, 0.25) is 10.0 Å². The maximum absolute atomic E-state index is 12.3. The van der Waals surface area contributed by atoms with E-state index in [1.165, 1.54) is 12.1 Å². The minimum Gasteiger partial charge on any atom is -0.392 e. The molecule has 2 aromatic carbocycles. The average Bonchev–Trinajstić information content (AvgIpc) is 2.80. The Morgan fingerprint density at radius 2 is 1.64 bits per heavy atom. The molecule has 8 heteroatoms. The van der Waals surface area contributed by atoms with Crippen LogP contribution in [0.4, 0.5) is 5.69 Å². The first kappa shape index (κ1) is 17.4. The van der Waals surface area contributed by atoms with Crippen molar-refractivity contribution < 1.29 is 19.5 Å². The first-order valence-electron chi connectivity index (χ1n) is 7.25. The second-order valence-electron chi connectivity index (χ2n) is 5.42. The van der Waals surface area contributed by atoms with Gasteiger partial charge in [-0.1, -0.05) is 35.3 Å². The first-order valence-corrected chi connectivity index (χ1v) is 8.01. The molecule has 1 heterocycles. The molecule has 6 nitrogen and oxygen atoms in total. The molecule has 3 rings (SSSR count). The number of aliphatic hydroxyl groups is 1. The van der Waals surface area contributed by atoms with E-state index in [0.717, 1.165) is 4.90 Å². The maximum atomic E-state index is 12.3. The number of benzene rings is 2. The highest BCUT2D eigenvalue weighted by molar-refractivity contribution is 6.43. The van der Waals surface area contributed by atoms with Gasteiger partial charge in [0.1, 0.15) is 6.54 Å². The molecule has 25 heavy (non-hydrogen) atoms. The molecular weight excluding hydrogens is 367 g/mol. The van der Waals surface area contributed by atoms with Crippen molar-refractivity contribution in [2.75, 3.05) is 11.9 Å². The topological polar surface area (TPSA) is 86.7 Å². The lowest BCUT2D eigenvalue weighted by Crippen LogP contribution is -2.37. The SMILES string of the molecule is O=C(CN1C(=O)c2cc(Cl)c(Cl)cc2C1=O)Nc1cccc(CO)c1. The van der Waals surface area contributed by atoms with Gasteiger partial charge >= 0.3 is 0 Å². The normalized spacial score (nSPS) is 13.2. The van der Waals surface area contributed by atoms with E-state index >= 15 is 0 Å². The van der Waals surface area contributed by atoms with Crippen molar-refractivity contribution in [1.29, 1.82) is 0 Å². The van der Waals surface area contributed by atoms with Crippen molar-refractivity contribution in [3.05, 3.63) is 63.1 Å². The summed E-state index contributed by atoms with van der Waals surface area (Å²) in [5, 5.41) is 12.0. The molecule has 3 amide bonds. The van der Waals surface area contributed by atoms with Crippen LogP contribution >= 0.6 is 23.2 Å². The number of nitrogens with zero attached hydrogens (tertiary/aromatic N) is 1. The van der Waals surface area contributed by atoms with E-state index in [9.17, 15) is 14.4 Å². The minimum absolute atomic E-state index is 0.120. The number of halogens is 2. The second kappa shape index (κ2) is 6.84. The Labute approximate surface area is 153 Å². The summed E-state index contributed by atoms with van der Waals surface area (Å²) in [6.45, 7) is -0.603. The number of imide groups is 1. The Bertz CT molecular complexity index is 857. The molecule has 0 aliphatic carbocycles. The summed E-state index contributed by atoms with van der Waals surface area (Å²) in [5.74, 6) is -1.74. The van der Waals surface area contributed by atoms with Crippen molar-refractivity contribution in [3.8, 4) is 0 Å². The molecule has 0 fully saturated rings. The number of nitrogens with one attached hydrogen (secondary N) is 1. The summed E-state index contributed by atoms with van der Waals surface area (Å²) in [6, 6.07) is 9.25. The molecule has 1 aliphatic rings. The summed E-state index contributed by atoms with van der Waals surface area (Å²) in [4.78, 5) is 37.7. The Morgan fingerprint density at radius 3 is 2.20 bits per heavy atom. The molecule has 128 valence electrons. The van der Waals surface area contributed by atoms with Crippen molar-refractivity contribution in [2.45, 2.75) is 6.61 Å². The van der Waals surface area contributed by atoms with Gasteiger partial charge in [0, 0.05) is 5.69 Å². The fourth-order valence-electron chi connectivity index (χ4n) is 2.52. The lowest BCUT2D eigenvalue weighted by molar-refractivity contribution is -0.116. The number of fused-ring (bicyclic) bond motifs is 1. The van der Waals surface area contributed by atoms with Crippen LogP contribution in [-0.2, 0) is 11.4 Å². The van der Waals surface area contributed by atoms with Crippen LogP contribution in [-0.4, -0.2) is 34.3 Å². The van der Waals surface area contributed by atoms with Gasteiger partial charge in [0.05, 0.1) is 27.8 Å². The number of amides is 3. The largest absolute Gasteiger partial charge is 0.392 e. The molecule has 2 aromatic rings. The number of aliphatic hydroxyl groups excluding tert-OH is 1. The van der Waals surface area contributed by atoms with Gasteiger partial charge in [-0.3, -0.25) is 19.3 Å². The second-order valence-corrected chi connectivity index (χ2v) is 6.23. The summed E-state index contributed by atoms with van der Waals surface area (Å²) < 4.78 is 0. The van der Waals surface area contributed by atoms with Gasteiger partial charge in [0.15, 0.2) is 0 Å². The van der Waals surface area contributed by atoms with Crippen LogP contribution in [0.3, 0.4) is 0 Å². The number of carbonyl (C=O) groups excluding carboxylic acids is 3. The van der Waals surface area contributed by atoms with E-state index in [-0.39, 0.29) is 27.8 Å². The first-order chi connectivity index (χ1) is 11.9. The number of anilines is 1. The van der Waals surface area contributed by atoms with Gasteiger partial charge in [-0.15, -0.1) is 0 Å². The third kappa shape index (κ3) is 3.37. The molecule has 0 saturated carbocycles. The van der Waals surface area contributed by atoms with Crippen molar-refractivity contribution in [2.24, 2.45) is 0 Å². The van der Waals surface area contributed by atoms with Gasteiger partial charge in [-0.25, -0.2) is 0 Å². The Balaban J connectivity index is 1.76. The molecule has 0 radical (unpaired) electrons. The standard InChI is InChI=1S/C17H12Cl2N2O4/c18-13-5-11-12(6-14(13)19)17(25)21(16(11)24)7-15(23)20-10-3-1-2-9(4-10)8-22/h1-6,22H,7-8H2,(H,20,23). The highest BCUT2D eigenvalue weighted by atomic mass is 35.5. The molecule has 1 aliphatic heterocycles. The summed E-state index contributed by atoms with van der Waals surface area (Å²) in [6.07, 6.45) is 0. The predicted molar refractivity (Wildman–Crippen MR) is 92.8 cm³/mol. The lowest BCUT2D eigenvalue weighted by Gasteiger charge is -2.13. The van der Waals surface area contributed by atoms with Gasteiger partial charge in [-0.05, 0) is 29.8 Å². The Morgan fingerprint density at radius 1 is 1.04 bits per heavy atom. The van der Waals surface area contributed by atoms with Crippen molar-refractivity contribution in [3.63, 3.8) is 0 Å². The van der Waals surface area contributed by atoms with Crippen LogP contribution in [0.5, 0.6) is 0 Å². The van der Waals surface area contributed by atoms with E-state index < -0.39 is 24.3 Å². The van der Waals surface area contributed by atoms with Crippen LogP contribution < -0.4 is 5.32 Å². The summed E-state index contributed by atoms with van der Waals surface area (Å²) >= 11 is 11.8. The molecular formula is C17H12Cl2N2O4. The molecule has 0 aromatic heterocycles. The molecule has 2 N–H and O–H groups in total. The summed E-state index contributed by atoms with van der Waals surface area (Å²) in [7, 11) is 0. The Hall–Kier alpha value is -2.41. The van der Waals surface area contributed by atoms with Crippen LogP contribution in [0.15, 0.2) is 36.4 Å². The lowest BCUT2D eigenvalue weighted by atomic mass is 10.1. The van der Waals surface area contributed by atoms with E-state index in [4.69, 9.17) is 28.3 Å². The highest BCUT2D eigenvalue weighted by Crippen LogP contribution is 2.31. The molecule has 0 bridgehead atoms. The van der Waals surface area contributed by atoms with Crippen LogP contribution in [0, 0.1) is 0 Å². The highest BCUT2D eigenvalue weighted by Gasteiger charge is 2.37. The zero-order chi connectivity index (χ0) is 18.1. The van der Waals surface area contributed by atoms with Gasteiger partial charge < -0.3 is 10.4 Å². The fraction of sp³-hybridized carbons (Fsp3) is 0.118. The predicted octanol–water partition coefficient (Wildman–Crippen LogP) is 2.72. The van der Waals surface area contributed by atoms with Gasteiger partial charge in [0.2, 0.25) is 5.91 Å². The van der Waals surface area contributed by atoms with E-state index in [2.05, 4.69) is 5.32 Å². The van der Waals surface area contributed by atoms with Crippen LogP contribution in [0.25, 0.3) is 0 Å². The quantitative estimate of drug-likeness (QED) is 0.800. The third-order valence-corrected chi connectivity index (χ3v) is 4.43. The average molecular weight is 379 g/mol. The zero-order valence-electron chi connectivity index (χ0n) is 12.8. The zero-order valence-corrected chi connectivity index (χ0v) is 14.3.